The first-order valence-electron chi connectivity index (χ1n) is 3.84. The van der Waals surface area contributed by atoms with Crippen LogP contribution in [-0.4, -0.2) is 11.7 Å². The van der Waals surface area contributed by atoms with Gasteiger partial charge >= 0.3 is 0 Å². The number of rotatable bonds is 3. The normalized spacial score (nSPS) is 14.2. The van der Waals surface area contributed by atoms with Gasteiger partial charge in [0.05, 0.1) is 6.54 Å². The fraction of sp³-hybridized carbons (Fsp3) is 0.250. The number of aliphatic hydroxyl groups is 1. The molecule has 1 aromatic carbocycles. The summed E-state index contributed by atoms with van der Waals surface area (Å²) in [5.41, 5.74) is 12.4. The molecule has 1 aromatic rings. The quantitative estimate of drug-likeness (QED) is 0.346. The summed E-state index contributed by atoms with van der Waals surface area (Å²) in [5, 5.41) is 13.4. The summed E-state index contributed by atoms with van der Waals surface area (Å²) in [5.74, 6) is 0. The highest BCUT2D eigenvalue weighted by Gasteiger charge is 2.22. The van der Waals surface area contributed by atoms with E-state index in [4.69, 9.17) is 22.9 Å². The maximum atomic E-state index is 9.70. The van der Waals surface area contributed by atoms with Gasteiger partial charge in [0.1, 0.15) is 5.72 Å². The molecule has 14 heavy (non-hydrogen) atoms. The molecule has 0 unspecified atom stereocenters. The van der Waals surface area contributed by atoms with Gasteiger partial charge in [-0.15, -0.1) is 0 Å². The third-order valence-corrected chi connectivity index (χ3v) is 1.93. The summed E-state index contributed by atoms with van der Waals surface area (Å²) in [6.07, 6.45) is 0. The van der Waals surface area contributed by atoms with Crippen LogP contribution in [0.15, 0.2) is 29.4 Å². The van der Waals surface area contributed by atoms with E-state index in [1.54, 1.807) is 18.2 Å². The Morgan fingerprint density at radius 2 is 2.36 bits per heavy atom. The predicted octanol–water partition coefficient (Wildman–Crippen LogP) is 1.75. The number of nitrogens with zero attached hydrogens (tertiary/aromatic N) is 3. The third kappa shape index (κ3) is 2.61. The summed E-state index contributed by atoms with van der Waals surface area (Å²) in [7, 11) is 0. The maximum absolute atomic E-state index is 9.70. The molecule has 0 aliphatic heterocycles. The Labute approximate surface area is 85.7 Å². The number of halogens is 1. The van der Waals surface area contributed by atoms with Crippen molar-refractivity contribution in [1.29, 1.82) is 0 Å². The topological polar surface area (TPSA) is 95.0 Å². The summed E-state index contributed by atoms with van der Waals surface area (Å²) in [4.78, 5) is 2.52. The van der Waals surface area contributed by atoms with Gasteiger partial charge in [-0.05, 0) is 23.2 Å². The third-order valence-electron chi connectivity index (χ3n) is 1.70. The smallest absolute Gasteiger partial charge is 0.145 e. The molecule has 74 valence electrons. The highest BCUT2D eigenvalue weighted by atomic mass is 35.5. The number of benzene rings is 1. The second kappa shape index (κ2) is 4.30. The van der Waals surface area contributed by atoms with Crippen LogP contribution < -0.4 is 5.73 Å². The van der Waals surface area contributed by atoms with Gasteiger partial charge < -0.3 is 5.11 Å². The van der Waals surface area contributed by atoms with E-state index in [0.29, 0.717) is 10.6 Å². The zero-order chi connectivity index (χ0) is 10.6. The Kier molecular flexibility index (Phi) is 3.33. The van der Waals surface area contributed by atoms with Gasteiger partial charge in [0.25, 0.3) is 0 Å². The molecule has 0 aliphatic rings. The number of hydrogen-bond acceptors (Lipinski definition) is 3. The molecule has 0 amide bonds. The summed E-state index contributed by atoms with van der Waals surface area (Å²) in [6.45, 7) is -0.232. The molecule has 6 heteroatoms. The molecule has 0 heterocycles. The standard InChI is InChI=1S/C8H9ClN4O/c9-7-3-1-2-6(4-7)8(10,14)5-12-13-11/h1-4,14H,5,10H2/t8-/m1/s1. The summed E-state index contributed by atoms with van der Waals surface area (Å²) in [6, 6.07) is 6.45. The Hall–Kier alpha value is -1.26. The van der Waals surface area contributed by atoms with Crippen molar-refractivity contribution in [2.24, 2.45) is 10.8 Å². The van der Waals surface area contributed by atoms with Crippen molar-refractivity contribution in [2.45, 2.75) is 5.72 Å². The largest absolute Gasteiger partial charge is 0.372 e. The van der Waals surface area contributed by atoms with Crippen molar-refractivity contribution in [1.82, 2.24) is 0 Å². The van der Waals surface area contributed by atoms with Gasteiger partial charge in [-0.2, -0.15) is 0 Å². The van der Waals surface area contributed by atoms with Crippen LogP contribution in [0.25, 0.3) is 10.4 Å². The first-order valence-corrected chi connectivity index (χ1v) is 4.22. The molecule has 0 radical (unpaired) electrons. The van der Waals surface area contributed by atoms with Gasteiger partial charge in [0.15, 0.2) is 0 Å². The molecule has 1 atom stereocenters. The first-order chi connectivity index (χ1) is 6.56. The maximum Gasteiger partial charge on any atom is 0.145 e. The van der Waals surface area contributed by atoms with Crippen molar-refractivity contribution >= 4 is 11.6 Å². The van der Waals surface area contributed by atoms with Crippen molar-refractivity contribution in [3.05, 3.63) is 45.3 Å². The Bertz CT molecular complexity index is 373. The lowest BCUT2D eigenvalue weighted by Crippen LogP contribution is -2.39. The van der Waals surface area contributed by atoms with Crippen molar-refractivity contribution in [2.75, 3.05) is 6.54 Å². The minimum atomic E-state index is -1.67. The first kappa shape index (κ1) is 10.8. The molecule has 1 rings (SSSR count). The lowest BCUT2D eigenvalue weighted by molar-refractivity contribution is 0.0533. The fourth-order valence-electron chi connectivity index (χ4n) is 0.988. The van der Waals surface area contributed by atoms with Crippen LogP contribution in [0.2, 0.25) is 5.02 Å². The Morgan fingerprint density at radius 1 is 1.64 bits per heavy atom. The molecule has 0 saturated heterocycles. The molecule has 0 fully saturated rings. The Balaban J connectivity index is 2.96. The van der Waals surface area contributed by atoms with Gasteiger partial charge in [0, 0.05) is 9.93 Å². The van der Waals surface area contributed by atoms with E-state index < -0.39 is 5.72 Å². The number of hydrogen-bond donors (Lipinski definition) is 2. The number of azide groups is 1. The molecule has 0 bridgehead atoms. The van der Waals surface area contributed by atoms with E-state index in [9.17, 15) is 5.11 Å². The van der Waals surface area contributed by atoms with Crippen LogP contribution in [0, 0.1) is 0 Å². The van der Waals surface area contributed by atoms with Crippen LogP contribution in [0.5, 0.6) is 0 Å². The molecule has 5 nitrogen and oxygen atoms in total. The molecule has 0 spiro atoms. The van der Waals surface area contributed by atoms with Crippen LogP contribution in [-0.2, 0) is 5.72 Å². The molecule has 0 aliphatic carbocycles. The van der Waals surface area contributed by atoms with Crippen molar-refractivity contribution in [3.8, 4) is 0 Å². The Morgan fingerprint density at radius 3 is 2.93 bits per heavy atom. The van der Waals surface area contributed by atoms with Crippen molar-refractivity contribution in [3.63, 3.8) is 0 Å². The van der Waals surface area contributed by atoms with Gasteiger partial charge in [-0.25, -0.2) is 0 Å². The van der Waals surface area contributed by atoms with Crippen LogP contribution >= 0.6 is 11.6 Å². The highest BCUT2D eigenvalue weighted by Crippen LogP contribution is 2.19. The zero-order valence-corrected chi connectivity index (χ0v) is 8.02. The van der Waals surface area contributed by atoms with Crippen LogP contribution in [0.3, 0.4) is 0 Å². The molecule has 0 aromatic heterocycles. The zero-order valence-electron chi connectivity index (χ0n) is 7.26. The van der Waals surface area contributed by atoms with E-state index in [1.165, 1.54) is 6.07 Å². The van der Waals surface area contributed by atoms with E-state index in [2.05, 4.69) is 10.0 Å². The highest BCUT2D eigenvalue weighted by molar-refractivity contribution is 6.30. The van der Waals surface area contributed by atoms with E-state index >= 15 is 0 Å². The lowest BCUT2D eigenvalue weighted by atomic mass is 10.0. The molecule has 0 saturated carbocycles. The van der Waals surface area contributed by atoms with Gasteiger partial charge in [0.2, 0.25) is 0 Å². The van der Waals surface area contributed by atoms with Gasteiger partial charge in [-0.1, -0.05) is 28.8 Å². The lowest BCUT2D eigenvalue weighted by Gasteiger charge is -2.21. The van der Waals surface area contributed by atoms with E-state index in [-0.39, 0.29) is 6.54 Å². The van der Waals surface area contributed by atoms with Gasteiger partial charge in [-0.3, -0.25) is 5.73 Å². The second-order valence-electron chi connectivity index (χ2n) is 2.82. The van der Waals surface area contributed by atoms with Crippen LogP contribution in [0.4, 0.5) is 0 Å². The van der Waals surface area contributed by atoms with Crippen molar-refractivity contribution < 1.29 is 5.11 Å². The monoisotopic (exact) mass is 212 g/mol. The average molecular weight is 213 g/mol. The summed E-state index contributed by atoms with van der Waals surface area (Å²) >= 11 is 5.71. The molecular formula is C8H9ClN4O. The van der Waals surface area contributed by atoms with E-state index in [0.717, 1.165) is 0 Å². The molecular weight excluding hydrogens is 204 g/mol. The minimum Gasteiger partial charge on any atom is -0.372 e. The summed E-state index contributed by atoms with van der Waals surface area (Å²) < 4.78 is 0. The predicted molar refractivity (Wildman–Crippen MR) is 53.5 cm³/mol. The SMILES string of the molecule is [N-]=[N+]=NC[C@@](N)(O)c1cccc(Cl)c1. The minimum absolute atomic E-state index is 0.232. The average Bonchev–Trinajstić information content (AvgIpc) is 2.15. The fourth-order valence-corrected chi connectivity index (χ4v) is 1.18. The second-order valence-corrected chi connectivity index (χ2v) is 3.26. The van der Waals surface area contributed by atoms with E-state index in [1.807, 2.05) is 0 Å². The number of nitrogens with two attached hydrogens (primary N) is 1. The van der Waals surface area contributed by atoms with Crippen LogP contribution in [0.1, 0.15) is 5.56 Å². The molecule has 3 N–H and O–H groups in total.